The largest absolute Gasteiger partial charge is 0.497 e. The number of carbonyl (C=O) groups excluding carboxylic acids is 1. The quantitative estimate of drug-likeness (QED) is 0.888. The van der Waals surface area contributed by atoms with Crippen LogP contribution in [0.4, 0.5) is 10.5 Å². The first-order valence-corrected chi connectivity index (χ1v) is 7.87. The predicted octanol–water partition coefficient (Wildman–Crippen LogP) is 3.64. The molecular formula is C17H24N2O2. The van der Waals surface area contributed by atoms with E-state index in [4.69, 9.17) is 4.74 Å². The number of benzene rings is 1. The first-order chi connectivity index (χ1) is 10.2. The molecule has 4 atom stereocenters. The van der Waals surface area contributed by atoms with Gasteiger partial charge in [0.05, 0.1) is 7.11 Å². The number of methoxy groups -OCH3 is 1. The second kappa shape index (κ2) is 5.96. The Hall–Kier alpha value is -1.71. The SMILES string of the molecule is COc1ccc(NC(=O)N[C@H](C)[C@@H]2C[C@@H]3CC[C@@H]2C3)cc1. The highest BCUT2D eigenvalue weighted by molar-refractivity contribution is 5.89. The van der Waals surface area contributed by atoms with Crippen LogP contribution in [0.2, 0.25) is 0 Å². The van der Waals surface area contributed by atoms with Gasteiger partial charge in [-0.25, -0.2) is 4.79 Å². The van der Waals surface area contributed by atoms with E-state index in [1.165, 1.54) is 25.7 Å². The minimum Gasteiger partial charge on any atom is -0.497 e. The van der Waals surface area contributed by atoms with Crippen molar-refractivity contribution in [3.05, 3.63) is 24.3 Å². The van der Waals surface area contributed by atoms with Crippen LogP contribution in [0.1, 0.15) is 32.6 Å². The van der Waals surface area contributed by atoms with Gasteiger partial charge in [-0.1, -0.05) is 6.42 Å². The van der Waals surface area contributed by atoms with Crippen LogP contribution in [0, 0.1) is 17.8 Å². The van der Waals surface area contributed by atoms with Gasteiger partial charge in [0, 0.05) is 11.7 Å². The summed E-state index contributed by atoms with van der Waals surface area (Å²) in [6.45, 7) is 2.14. The fourth-order valence-electron chi connectivity index (χ4n) is 4.06. The molecular weight excluding hydrogens is 264 g/mol. The summed E-state index contributed by atoms with van der Waals surface area (Å²) in [4.78, 5) is 12.1. The van der Waals surface area contributed by atoms with E-state index in [0.29, 0.717) is 5.92 Å². The van der Waals surface area contributed by atoms with E-state index < -0.39 is 0 Å². The van der Waals surface area contributed by atoms with Crippen LogP contribution in [-0.2, 0) is 0 Å². The number of hydrogen-bond acceptors (Lipinski definition) is 2. The average Bonchev–Trinajstić information content (AvgIpc) is 3.10. The second-order valence-corrected chi connectivity index (χ2v) is 6.45. The number of amides is 2. The second-order valence-electron chi connectivity index (χ2n) is 6.45. The molecule has 2 fully saturated rings. The fourth-order valence-corrected chi connectivity index (χ4v) is 4.06. The van der Waals surface area contributed by atoms with Gasteiger partial charge in [-0.05, 0) is 68.2 Å². The number of rotatable bonds is 4. The van der Waals surface area contributed by atoms with Crippen molar-refractivity contribution < 1.29 is 9.53 Å². The minimum atomic E-state index is -0.115. The van der Waals surface area contributed by atoms with Gasteiger partial charge >= 0.3 is 6.03 Å². The van der Waals surface area contributed by atoms with Gasteiger partial charge in [0.2, 0.25) is 0 Å². The molecule has 0 radical (unpaired) electrons. The van der Waals surface area contributed by atoms with Gasteiger partial charge in [0.15, 0.2) is 0 Å². The maximum absolute atomic E-state index is 12.1. The highest BCUT2D eigenvalue weighted by atomic mass is 16.5. The third-order valence-electron chi connectivity index (χ3n) is 5.14. The summed E-state index contributed by atoms with van der Waals surface area (Å²) in [7, 11) is 1.63. The lowest BCUT2D eigenvalue weighted by molar-refractivity contribution is 0.230. The Morgan fingerprint density at radius 1 is 1.24 bits per heavy atom. The first-order valence-electron chi connectivity index (χ1n) is 7.87. The number of urea groups is 1. The lowest BCUT2D eigenvalue weighted by Crippen LogP contribution is -2.42. The zero-order valence-electron chi connectivity index (χ0n) is 12.8. The zero-order valence-corrected chi connectivity index (χ0v) is 12.8. The van der Waals surface area contributed by atoms with Crippen molar-refractivity contribution in [2.45, 2.75) is 38.6 Å². The van der Waals surface area contributed by atoms with Crippen LogP contribution < -0.4 is 15.4 Å². The maximum Gasteiger partial charge on any atom is 0.319 e. The summed E-state index contributed by atoms with van der Waals surface area (Å²) in [5.74, 6) is 3.18. The van der Waals surface area contributed by atoms with Gasteiger partial charge in [-0.15, -0.1) is 0 Å². The van der Waals surface area contributed by atoms with Crippen molar-refractivity contribution in [1.29, 1.82) is 0 Å². The molecule has 114 valence electrons. The van der Waals surface area contributed by atoms with Gasteiger partial charge in [0.1, 0.15) is 5.75 Å². The normalized spacial score (nSPS) is 28.2. The van der Waals surface area contributed by atoms with Crippen molar-refractivity contribution in [2.24, 2.45) is 17.8 Å². The Balaban J connectivity index is 1.51. The monoisotopic (exact) mass is 288 g/mol. The van der Waals surface area contributed by atoms with E-state index in [9.17, 15) is 4.79 Å². The Kier molecular flexibility index (Phi) is 4.04. The fraction of sp³-hybridized carbons (Fsp3) is 0.588. The molecule has 0 aromatic heterocycles. The smallest absolute Gasteiger partial charge is 0.319 e. The van der Waals surface area contributed by atoms with Crippen LogP contribution >= 0.6 is 0 Å². The molecule has 2 N–H and O–H groups in total. The molecule has 4 nitrogen and oxygen atoms in total. The molecule has 0 spiro atoms. The predicted molar refractivity (Wildman–Crippen MR) is 83.5 cm³/mol. The number of anilines is 1. The highest BCUT2D eigenvalue weighted by Crippen LogP contribution is 2.49. The van der Waals surface area contributed by atoms with E-state index in [0.717, 1.165) is 23.3 Å². The number of ether oxygens (including phenoxy) is 1. The average molecular weight is 288 g/mol. The molecule has 0 aliphatic heterocycles. The molecule has 2 saturated carbocycles. The molecule has 0 heterocycles. The Bertz CT molecular complexity index is 500. The third-order valence-corrected chi connectivity index (χ3v) is 5.14. The number of fused-ring (bicyclic) bond motifs is 2. The van der Waals surface area contributed by atoms with Crippen molar-refractivity contribution in [2.75, 3.05) is 12.4 Å². The number of carbonyl (C=O) groups is 1. The lowest BCUT2D eigenvalue weighted by Gasteiger charge is -2.28. The van der Waals surface area contributed by atoms with Crippen molar-refractivity contribution in [1.82, 2.24) is 5.32 Å². The van der Waals surface area contributed by atoms with E-state index in [1.807, 2.05) is 24.3 Å². The standard InChI is InChI=1S/C17H24N2O2/c1-11(16-10-12-3-4-13(16)9-12)18-17(20)19-14-5-7-15(21-2)8-6-14/h5-8,11-13,16H,3-4,9-10H2,1-2H3,(H2,18,19,20)/t11-,12-,13-,16+/m1/s1. The van der Waals surface area contributed by atoms with Crippen LogP contribution in [0.15, 0.2) is 24.3 Å². The molecule has 4 heteroatoms. The van der Waals surface area contributed by atoms with Gasteiger partial charge in [-0.3, -0.25) is 0 Å². The van der Waals surface area contributed by atoms with E-state index in [1.54, 1.807) is 7.11 Å². The molecule has 0 unspecified atom stereocenters. The molecule has 0 saturated heterocycles. The molecule has 1 aromatic carbocycles. The van der Waals surface area contributed by atoms with E-state index >= 15 is 0 Å². The van der Waals surface area contributed by atoms with Crippen LogP contribution in [0.25, 0.3) is 0 Å². The Labute approximate surface area is 126 Å². The van der Waals surface area contributed by atoms with E-state index in [2.05, 4.69) is 17.6 Å². The van der Waals surface area contributed by atoms with Gasteiger partial charge in [0.25, 0.3) is 0 Å². The summed E-state index contributed by atoms with van der Waals surface area (Å²) in [5.41, 5.74) is 0.786. The first kappa shape index (κ1) is 14.2. The van der Waals surface area contributed by atoms with Crippen molar-refractivity contribution in [3.63, 3.8) is 0 Å². The van der Waals surface area contributed by atoms with Crippen LogP contribution in [0.5, 0.6) is 5.75 Å². The van der Waals surface area contributed by atoms with Crippen LogP contribution in [0.3, 0.4) is 0 Å². The number of nitrogens with one attached hydrogen (secondary N) is 2. The third kappa shape index (κ3) is 3.14. The molecule has 2 aliphatic carbocycles. The topological polar surface area (TPSA) is 50.4 Å². The van der Waals surface area contributed by atoms with Gasteiger partial charge < -0.3 is 15.4 Å². The minimum absolute atomic E-state index is 0.115. The molecule has 2 bridgehead atoms. The van der Waals surface area contributed by atoms with Crippen LogP contribution in [-0.4, -0.2) is 19.2 Å². The summed E-state index contributed by atoms with van der Waals surface area (Å²) < 4.78 is 5.11. The molecule has 21 heavy (non-hydrogen) atoms. The molecule has 3 rings (SSSR count). The van der Waals surface area contributed by atoms with Crippen molar-refractivity contribution >= 4 is 11.7 Å². The summed E-state index contributed by atoms with van der Waals surface area (Å²) in [6, 6.07) is 7.51. The zero-order chi connectivity index (χ0) is 14.8. The Morgan fingerprint density at radius 3 is 2.57 bits per heavy atom. The highest BCUT2D eigenvalue weighted by Gasteiger charge is 2.42. The summed E-state index contributed by atoms with van der Waals surface area (Å²) in [5, 5.41) is 5.99. The number of hydrogen-bond donors (Lipinski definition) is 2. The van der Waals surface area contributed by atoms with Crippen molar-refractivity contribution in [3.8, 4) is 5.75 Å². The van der Waals surface area contributed by atoms with Gasteiger partial charge in [-0.2, -0.15) is 0 Å². The summed E-state index contributed by atoms with van der Waals surface area (Å²) >= 11 is 0. The maximum atomic E-state index is 12.1. The molecule has 2 amide bonds. The van der Waals surface area contributed by atoms with E-state index in [-0.39, 0.29) is 12.1 Å². The molecule has 1 aromatic rings. The summed E-state index contributed by atoms with van der Waals surface area (Å²) in [6.07, 6.45) is 5.40. The Morgan fingerprint density at radius 2 is 2.00 bits per heavy atom. The molecule has 2 aliphatic rings. The lowest BCUT2D eigenvalue weighted by atomic mass is 9.84.